The summed E-state index contributed by atoms with van der Waals surface area (Å²) < 4.78 is 0. The third-order valence-corrected chi connectivity index (χ3v) is 4.74. The van der Waals surface area contributed by atoms with Crippen LogP contribution >= 0.6 is 11.6 Å². The molecular formula is C17H27ClN2. The number of hydrogen-bond acceptors (Lipinski definition) is 2. The van der Waals surface area contributed by atoms with Gasteiger partial charge in [0, 0.05) is 23.7 Å². The highest BCUT2D eigenvalue weighted by atomic mass is 35.5. The molecule has 0 saturated heterocycles. The number of halogens is 1. The van der Waals surface area contributed by atoms with E-state index in [2.05, 4.69) is 17.9 Å². The molecule has 1 aromatic carbocycles. The summed E-state index contributed by atoms with van der Waals surface area (Å²) in [6.45, 7) is 4.49. The number of nitrogens with zero attached hydrogens (tertiary/aromatic N) is 1. The molecule has 0 amide bonds. The molecule has 2 nitrogen and oxygen atoms in total. The van der Waals surface area contributed by atoms with E-state index in [1.54, 1.807) is 0 Å². The lowest BCUT2D eigenvalue weighted by Crippen LogP contribution is -2.38. The summed E-state index contributed by atoms with van der Waals surface area (Å²) in [6, 6.07) is 8.82. The fraction of sp³-hybridized carbons (Fsp3) is 0.647. The van der Waals surface area contributed by atoms with Gasteiger partial charge >= 0.3 is 0 Å². The molecule has 0 aliphatic heterocycles. The summed E-state index contributed by atoms with van der Waals surface area (Å²) in [5.41, 5.74) is 7.46. The smallest absolute Gasteiger partial charge is 0.0409 e. The van der Waals surface area contributed by atoms with Crippen LogP contribution < -0.4 is 5.73 Å². The number of rotatable bonds is 6. The molecule has 3 heteroatoms. The Kier molecular flexibility index (Phi) is 6.34. The van der Waals surface area contributed by atoms with Crippen LogP contribution in [0.4, 0.5) is 0 Å². The second-order valence-electron chi connectivity index (χ2n) is 5.87. The van der Waals surface area contributed by atoms with Crippen molar-refractivity contribution in [3.63, 3.8) is 0 Å². The van der Waals surface area contributed by atoms with Crippen LogP contribution in [0.15, 0.2) is 24.3 Å². The third kappa shape index (κ3) is 4.47. The summed E-state index contributed by atoms with van der Waals surface area (Å²) in [6.07, 6.45) is 7.92. The molecule has 2 N–H and O–H groups in total. The highest BCUT2D eigenvalue weighted by Crippen LogP contribution is 2.24. The highest BCUT2D eigenvalue weighted by Gasteiger charge is 2.20. The van der Waals surface area contributed by atoms with E-state index in [9.17, 15) is 0 Å². The van der Waals surface area contributed by atoms with Gasteiger partial charge in [-0.05, 0) is 43.5 Å². The average Bonchev–Trinajstić information content (AvgIpc) is 2.49. The molecular weight excluding hydrogens is 268 g/mol. The molecule has 1 aliphatic carbocycles. The van der Waals surface area contributed by atoms with Crippen molar-refractivity contribution in [2.24, 2.45) is 5.73 Å². The van der Waals surface area contributed by atoms with Crippen LogP contribution in [0.3, 0.4) is 0 Å². The average molecular weight is 295 g/mol. The van der Waals surface area contributed by atoms with Crippen LogP contribution in [0.5, 0.6) is 0 Å². The van der Waals surface area contributed by atoms with Crippen molar-refractivity contribution >= 4 is 11.6 Å². The maximum absolute atomic E-state index is 6.31. The Morgan fingerprint density at radius 2 is 2.05 bits per heavy atom. The van der Waals surface area contributed by atoms with Gasteiger partial charge in [0.25, 0.3) is 0 Å². The summed E-state index contributed by atoms with van der Waals surface area (Å²) >= 11 is 6.03. The summed E-state index contributed by atoms with van der Waals surface area (Å²) in [7, 11) is 0. The third-order valence-electron chi connectivity index (χ3n) is 4.50. The summed E-state index contributed by atoms with van der Waals surface area (Å²) in [4.78, 5) is 2.61. The maximum Gasteiger partial charge on any atom is 0.0409 e. The Hall–Kier alpha value is -0.570. The summed E-state index contributed by atoms with van der Waals surface area (Å²) in [5.74, 6) is 0. The number of hydrogen-bond donors (Lipinski definition) is 1. The first-order valence-electron chi connectivity index (χ1n) is 7.95. The lowest BCUT2D eigenvalue weighted by atomic mass is 9.93. The fourth-order valence-electron chi connectivity index (χ4n) is 3.25. The second kappa shape index (κ2) is 8.02. The molecule has 20 heavy (non-hydrogen) atoms. The van der Waals surface area contributed by atoms with Crippen molar-refractivity contribution in [3.8, 4) is 0 Å². The molecule has 0 aromatic heterocycles. The van der Waals surface area contributed by atoms with E-state index in [4.69, 9.17) is 17.3 Å². The molecule has 1 fully saturated rings. The zero-order chi connectivity index (χ0) is 14.4. The van der Waals surface area contributed by atoms with Gasteiger partial charge in [-0.1, -0.05) is 49.9 Å². The van der Waals surface area contributed by atoms with Crippen LogP contribution in [0.1, 0.15) is 57.1 Å². The van der Waals surface area contributed by atoms with Crippen molar-refractivity contribution in [2.45, 2.75) is 57.5 Å². The topological polar surface area (TPSA) is 29.3 Å². The van der Waals surface area contributed by atoms with Crippen LogP contribution in [0, 0.1) is 0 Å². The van der Waals surface area contributed by atoms with E-state index in [-0.39, 0.29) is 6.04 Å². The van der Waals surface area contributed by atoms with Gasteiger partial charge in [0.1, 0.15) is 0 Å². The number of benzene rings is 1. The minimum absolute atomic E-state index is 0.0892. The SMILES string of the molecule is CCN(CCC(N)c1cccc(Cl)c1)C1CCCCC1. The molecule has 1 aliphatic rings. The summed E-state index contributed by atoms with van der Waals surface area (Å²) in [5, 5.41) is 0.776. The van der Waals surface area contributed by atoms with Crippen molar-refractivity contribution in [1.29, 1.82) is 0 Å². The zero-order valence-corrected chi connectivity index (χ0v) is 13.3. The monoisotopic (exact) mass is 294 g/mol. The minimum atomic E-state index is 0.0892. The van der Waals surface area contributed by atoms with E-state index in [1.165, 1.54) is 32.1 Å². The van der Waals surface area contributed by atoms with Gasteiger partial charge < -0.3 is 10.6 Å². The fourth-order valence-corrected chi connectivity index (χ4v) is 3.45. The first-order chi connectivity index (χ1) is 9.70. The van der Waals surface area contributed by atoms with Crippen molar-refractivity contribution in [1.82, 2.24) is 4.90 Å². The molecule has 112 valence electrons. The Morgan fingerprint density at radius 1 is 1.30 bits per heavy atom. The number of nitrogens with two attached hydrogens (primary N) is 1. The van der Waals surface area contributed by atoms with Crippen molar-refractivity contribution in [3.05, 3.63) is 34.9 Å². The van der Waals surface area contributed by atoms with Crippen molar-refractivity contribution in [2.75, 3.05) is 13.1 Å². The molecule has 0 bridgehead atoms. The normalized spacial score (nSPS) is 18.4. The largest absolute Gasteiger partial charge is 0.324 e. The molecule has 0 spiro atoms. The van der Waals surface area contributed by atoms with Gasteiger partial charge in [0.2, 0.25) is 0 Å². The van der Waals surface area contributed by atoms with E-state index < -0.39 is 0 Å². The molecule has 1 aromatic rings. The lowest BCUT2D eigenvalue weighted by molar-refractivity contribution is 0.159. The maximum atomic E-state index is 6.31. The van der Waals surface area contributed by atoms with Gasteiger partial charge in [-0.15, -0.1) is 0 Å². The van der Waals surface area contributed by atoms with E-state index in [0.717, 1.165) is 36.1 Å². The van der Waals surface area contributed by atoms with Crippen molar-refractivity contribution < 1.29 is 0 Å². The Bertz CT molecular complexity index is 402. The minimum Gasteiger partial charge on any atom is -0.324 e. The van der Waals surface area contributed by atoms with Gasteiger partial charge in [-0.3, -0.25) is 0 Å². The Balaban J connectivity index is 1.85. The zero-order valence-electron chi connectivity index (χ0n) is 12.5. The molecule has 1 atom stereocenters. The van der Waals surface area contributed by atoms with Gasteiger partial charge in [0.15, 0.2) is 0 Å². The Labute approximate surface area is 128 Å². The van der Waals surface area contributed by atoms with Gasteiger partial charge in [-0.25, -0.2) is 0 Å². The standard InChI is InChI=1S/C17H27ClN2/c1-2-20(16-9-4-3-5-10-16)12-11-17(19)14-7-6-8-15(18)13-14/h6-8,13,16-17H,2-5,9-12,19H2,1H3. The molecule has 1 saturated carbocycles. The van der Waals surface area contributed by atoms with Gasteiger partial charge in [-0.2, -0.15) is 0 Å². The quantitative estimate of drug-likeness (QED) is 0.843. The van der Waals surface area contributed by atoms with Gasteiger partial charge in [0.05, 0.1) is 0 Å². The first-order valence-corrected chi connectivity index (χ1v) is 8.33. The Morgan fingerprint density at radius 3 is 2.70 bits per heavy atom. The van der Waals surface area contributed by atoms with E-state index in [0.29, 0.717) is 0 Å². The predicted octanol–water partition coefficient (Wildman–Crippen LogP) is 4.38. The molecule has 1 unspecified atom stereocenters. The van der Waals surface area contributed by atoms with Crippen LogP contribution in [0.25, 0.3) is 0 Å². The predicted molar refractivity (Wildman–Crippen MR) is 87.1 cm³/mol. The van der Waals surface area contributed by atoms with E-state index in [1.807, 2.05) is 18.2 Å². The van der Waals surface area contributed by atoms with Crippen LogP contribution in [-0.2, 0) is 0 Å². The second-order valence-corrected chi connectivity index (χ2v) is 6.31. The molecule has 0 heterocycles. The van der Waals surface area contributed by atoms with Crippen LogP contribution in [-0.4, -0.2) is 24.0 Å². The van der Waals surface area contributed by atoms with Crippen LogP contribution in [0.2, 0.25) is 5.02 Å². The van der Waals surface area contributed by atoms with E-state index >= 15 is 0 Å². The molecule has 0 radical (unpaired) electrons. The first kappa shape index (κ1) is 15.8. The lowest BCUT2D eigenvalue weighted by Gasteiger charge is -2.34. The highest BCUT2D eigenvalue weighted by molar-refractivity contribution is 6.30. The molecule has 2 rings (SSSR count).